The number of benzene rings is 1. The summed E-state index contributed by atoms with van der Waals surface area (Å²) in [5.74, 6) is -1.20. The fourth-order valence-corrected chi connectivity index (χ4v) is 3.84. The molecule has 12 nitrogen and oxygen atoms in total. The summed E-state index contributed by atoms with van der Waals surface area (Å²) in [6, 6.07) is 3.21. The molecule has 0 bridgehead atoms. The minimum absolute atomic E-state index is 0.0101. The van der Waals surface area contributed by atoms with Gasteiger partial charge in [0, 0.05) is 44.8 Å². The quantitative estimate of drug-likeness (QED) is 0.572. The number of carbonyl (C=O) groups is 3. The van der Waals surface area contributed by atoms with Crippen molar-refractivity contribution in [2.24, 2.45) is 0 Å². The second-order valence-corrected chi connectivity index (χ2v) is 8.11. The van der Waals surface area contributed by atoms with Gasteiger partial charge in [0.25, 0.3) is 0 Å². The van der Waals surface area contributed by atoms with Gasteiger partial charge in [-0.25, -0.2) is 23.8 Å². The van der Waals surface area contributed by atoms with Crippen LogP contribution in [0.1, 0.15) is 12.7 Å². The lowest BCUT2D eigenvalue weighted by molar-refractivity contribution is -0.119. The predicted octanol–water partition coefficient (Wildman–Crippen LogP) is 1.58. The number of nitrogens with zero attached hydrogens (tertiary/aromatic N) is 4. The summed E-state index contributed by atoms with van der Waals surface area (Å²) < 4.78 is 40.2. The van der Waals surface area contributed by atoms with Crippen LogP contribution >= 0.6 is 0 Å². The molecule has 2 aromatic rings. The Balaban J connectivity index is 1.41. The van der Waals surface area contributed by atoms with Crippen molar-refractivity contribution < 1.29 is 32.4 Å². The van der Waals surface area contributed by atoms with Crippen molar-refractivity contribution in [3.05, 3.63) is 35.6 Å². The molecule has 3 N–H and O–H groups in total. The summed E-state index contributed by atoms with van der Waals surface area (Å²) in [5, 5.41) is 10.1. The van der Waals surface area contributed by atoms with Crippen LogP contribution in [0.25, 0.3) is 0 Å². The molecule has 0 unspecified atom stereocenters. The molecule has 0 spiro atoms. The standard InChI is InChI=1S/C21H25F2N7O5/c1-12-7-18(27-35-12)26-20(32)30-6-5-28(4-3-25-30)19-16(22)8-14(9-17(19)23)29-11-15(34-21(29)33)10-24-13(2)31/h7-9,15,25H,3-6,10-11H2,1-2H3,(H,24,31)(H,26,27,32)/t15-/m0/s1. The van der Waals surface area contributed by atoms with Gasteiger partial charge in [-0.05, 0) is 6.92 Å². The number of hydrogen-bond donors (Lipinski definition) is 3. The molecule has 2 saturated heterocycles. The molecule has 4 rings (SSSR count). The Hall–Kier alpha value is -3.94. The molecule has 2 fully saturated rings. The number of aromatic nitrogens is 1. The van der Waals surface area contributed by atoms with Crippen LogP contribution in [-0.4, -0.2) is 73.6 Å². The second-order valence-electron chi connectivity index (χ2n) is 8.11. The summed E-state index contributed by atoms with van der Waals surface area (Å²) in [6.07, 6.45) is -1.39. The molecule has 4 amide bonds. The van der Waals surface area contributed by atoms with Crippen molar-refractivity contribution in [2.45, 2.75) is 20.0 Å². The number of hydrazine groups is 1. The number of rotatable bonds is 5. The third-order valence-electron chi connectivity index (χ3n) is 5.47. The van der Waals surface area contributed by atoms with E-state index in [4.69, 9.17) is 9.26 Å². The summed E-state index contributed by atoms with van der Waals surface area (Å²) >= 11 is 0. The molecule has 188 valence electrons. The highest BCUT2D eigenvalue weighted by molar-refractivity contribution is 5.90. The summed E-state index contributed by atoms with van der Waals surface area (Å²) in [6.45, 7) is 3.92. The highest BCUT2D eigenvalue weighted by Gasteiger charge is 2.34. The van der Waals surface area contributed by atoms with Crippen LogP contribution in [0, 0.1) is 18.6 Å². The lowest BCUT2D eigenvalue weighted by atomic mass is 10.2. The average Bonchev–Trinajstić information content (AvgIpc) is 3.28. The SMILES string of the molecule is CC(=O)NC[C@H]1CN(c2cc(F)c(N3CCNN(C(=O)Nc4cc(C)on4)CC3)c(F)c2)C(=O)O1. The molecule has 14 heteroatoms. The number of hydrogen-bond acceptors (Lipinski definition) is 8. The molecule has 2 aliphatic rings. The molecule has 3 heterocycles. The lowest BCUT2D eigenvalue weighted by Gasteiger charge is -2.25. The zero-order valence-electron chi connectivity index (χ0n) is 19.1. The van der Waals surface area contributed by atoms with Crippen LogP contribution in [0.4, 0.5) is 35.6 Å². The van der Waals surface area contributed by atoms with Gasteiger partial charge < -0.3 is 19.5 Å². The van der Waals surface area contributed by atoms with E-state index in [9.17, 15) is 14.4 Å². The van der Waals surface area contributed by atoms with Crippen molar-refractivity contribution in [3.63, 3.8) is 0 Å². The van der Waals surface area contributed by atoms with Crippen molar-refractivity contribution >= 4 is 35.2 Å². The number of cyclic esters (lactones) is 1. The third kappa shape index (κ3) is 5.59. The van der Waals surface area contributed by atoms with E-state index in [1.165, 1.54) is 16.8 Å². The zero-order chi connectivity index (χ0) is 25.1. The Kier molecular flexibility index (Phi) is 7.00. The van der Waals surface area contributed by atoms with Crippen LogP contribution in [-0.2, 0) is 9.53 Å². The Morgan fingerprint density at radius 2 is 1.94 bits per heavy atom. The summed E-state index contributed by atoms with van der Waals surface area (Å²) in [5.41, 5.74) is 2.66. The van der Waals surface area contributed by atoms with Gasteiger partial charge in [-0.2, -0.15) is 0 Å². The van der Waals surface area contributed by atoms with Gasteiger partial charge >= 0.3 is 12.1 Å². The predicted molar refractivity (Wildman–Crippen MR) is 120 cm³/mol. The molecular formula is C21H25F2N7O5. The molecule has 1 aromatic heterocycles. The first kappa shape index (κ1) is 24.2. The van der Waals surface area contributed by atoms with Gasteiger partial charge in [-0.1, -0.05) is 5.16 Å². The van der Waals surface area contributed by atoms with E-state index in [2.05, 4.69) is 21.2 Å². The van der Waals surface area contributed by atoms with E-state index in [0.29, 0.717) is 5.76 Å². The van der Waals surface area contributed by atoms with Gasteiger partial charge in [0.2, 0.25) is 5.91 Å². The molecule has 2 aliphatic heterocycles. The minimum Gasteiger partial charge on any atom is -0.442 e. The summed E-state index contributed by atoms with van der Waals surface area (Å²) in [4.78, 5) is 38.3. The fourth-order valence-electron chi connectivity index (χ4n) is 3.84. The largest absolute Gasteiger partial charge is 0.442 e. The first-order valence-electron chi connectivity index (χ1n) is 10.9. The number of urea groups is 1. The average molecular weight is 493 g/mol. The van der Waals surface area contributed by atoms with E-state index < -0.39 is 29.9 Å². The highest BCUT2D eigenvalue weighted by Crippen LogP contribution is 2.31. The molecule has 0 saturated carbocycles. The van der Waals surface area contributed by atoms with Gasteiger partial charge in [-0.3, -0.25) is 20.0 Å². The fraction of sp³-hybridized carbons (Fsp3) is 0.429. The van der Waals surface area contributed by atoms with Crippen molar-refractivity contribution in [1.29, 1.82) is 0 Å². The monoisotopic (exact) mass is 493 g/mol. The van der Waals surface area contributed by atoms with Gasteiger partial charge in [-0.15, -0.1) is 0 Å². The van der Waals surface area contributed by atoms with E-state index in [-0.39, 0.29) is 62.4 Å². The lowest BCUT2D eigenvalue weighted by Crippen LogP contribution is -2.46. The van der Waals surface area contributed by atoms with E-state index in [0.717, 1.165) is 17.0 Å². The molecule has 35 heavy (non-hydrogen) atoms. The Morgan fingerprint density at radius 1 is 1.20 bits per heavy atom. The Morgan fingerprint density at radius 3 is 2.60 bits per heavy atom. The van der Waals surface area contributed by atoms with Crippen LogP contribution < -0.4 is 25.9 Å². The maximum Gasteiger partial charge on any atom is 0.414 e. The van der Waals surface area contributed by atoms with E-state index in [1.807, 2.05) is 0 Å². The number of carbonyl (C=O) groups excluding carboxylic acids is 3. The van der Waals surface area contributed by atoms with Gasteiger partial charge in [0.1, 0.15) is 17.6 Å². The number of anilines is 3. The van der Waals surface area contributed by atoms with Crippen LogP contribution in [0.5, 0.6) is 0 Å². The summed E-state index contributed by atoms with van der Waals surface area (Å²) in [7, 11) is 0. The molecule has 1 atom stereocenters. The topological polar surface area (TPSA) is 132 Å². The number of halogens is 2. The molecule has 0 aliphatic carbocycles. The number of nitrogens with one attached hydrogen (secondary N) is 3. The maximum atomic E-state index is 15.1. The smallest absolute Gasteiger partial charge is 0.414 e. The van der Waals surface area contributed by atoms with E-state index >= 15 is 8.78 Å². The van der Waals surface area contributed by atoms with Crippen molar-refractivity contribution in [2.75, 3.05) is 54.4 Å². The molecule has 1 aromatic carbocycles. The van der Waals surface area contributed by atoms with Crippen LogP contribution in [0.2, 0.25) is 0 Å². The van der Waals surface area contributed by atoms with Crippen molar-refractivity contribution in [3.8, 4) is 0 Å². The van der Waals surface area contributed by atoms with Crippen LogP contribution in [0.15, 0.2) is 22.7 Å². The van der Waals surface area contributed by atoms with E-state index in [1.54, 1.807) is 13.0 Å². The maximum absolute atomic E-state index is 15.1. The number of ether oxygens (including phenoxy) is 1. The van der Waals surface area contributed by atoms with Crippen molar-refractivity contribution in [1.82, 2.24) is 20.9 Å². The number of amides is 4. The molecular weight excluding hydrogens is 468 g/mol. The van der Waals surface area contributed by atoms with Crippen LogP contribution in [0.3, 0.4) is 0 Å². The highest BCUT2D eigenvalue weighted by atomic mass is 19.1. The van der Waals surface area contributed by atoms with Gasteiger partial charge in [0.15, 0.2) is 17.5 Å². The normalized spacial score (nSPS) is 18.3. The zero-order valence-corrected chi connectivity index (χ0v) is 19.1. The number of aryl methyl sites for hydroxylation is 1. The third-order valence-corrected chi connectivity index (χ3v) is 5.47. The Labute approximate surface area is 199 Å². The Bertz CT molecular complexity index is 1100. The second kappa shape index (κ2) is 10.1. The minimum atomic E-state index is -0.853. The first-order valence-corrected chi connectivity index (χ1v) is 10.9. The van der Waals surface area contributed by atoms with Gasteiger partial charge in [0.05, 0.1) is 25.3 Å². The molecule has 0 radical (unpaired) electrons. The first-order chi connectivity index (χ1) is 16.7.